The van der Waals surface area contributed by atoms with E-state index in [1.807, 2.05) is 0 Å². The van der Waals surface area contributed by atoms with E-state index < -0.39 is 5.97 Å². The smallest absolute Gasteiger partial charge is 0.337 e. The molecule has 0 atom stereocenters. The van der Waals surface area contributed by atoms with E-state index in [4.69, 9.17) is 5.11 Å². The molecule has 0 bridgehead atoms. The highest BCUT2D eigenvalue weighted by atomic mass is 32.1. The lowest BCUT2D eigenvalue weighted by molar-refractivity contribution is -0.103. The van der Waals surface area contributed by atoms with Crippen LogP contribution in [-0.4, -0.2) is 17.4 Å². The lowest BCUT2D eigenvalue weighted by Gasteiger charge is -1.86. The number of hydrogen-bond acceptors (Lipinski definition) is 3. The van der Waals surface area contributed by atoms with Gasteiger partial charge >= 0.3 is 5.97 Å². The summed E-state index contributed by atoms with van der Waals surface area (Å²) in [4.78, 5) is 20.4. The quantitative estimate of drug-likeness (QED) is 0.518. The van der Waals surface area contributed by atoms with Gasteiger partial charge in [-0.05, 0) is 5.92 Å². The summed E-state index contributed by atoms with van der Waals surface area (Å²) in [6.07, 6.45) is 0.434. The van der Waals surface area contributed by atoms with Crippen LogP contribution in [0.15, 0.2) is 10.8 Å². The van der Waals surface area contributed by atoms with E-state index in [9.17, 15) is 9.59 Å². The third-order valence-corrected chi connectivity index (χ3v) is 1.90. The molecule has 1 aromatic rings. The van der Waals surface area contributed by atoms with Gasteiger partial charge in [0.2, 0.25) is 0 Å². The number of carboxylic acid groups (broad SMARTS) is 1. The van der Waals surface area contributed by atoms with Crippen molar-refractivity contribution in [1.29, 1.82) is 0 Å². The second-order valence-electron chi connectivity index (χ2n) is 1.89. The number of carboxylic acids is 1. The van der Waals surface area contributed by atoms with Crippen molar-refractivity contribution < 1.29 is 14.7 Å². The minimum Gasteiger partial charge on any atom is -0.478 e. The maximum Gasteiger partial charge on any atom is 0.337 e. The van der Waals surface area contributed by atoms with E-state index in [0.29, 0.717) is 11.8 Å². The fourth-order valence-electron chi connectivity index (χ4n) is 0.667. The first-order chi connectivity index (χ1) is 5.75. The average Bonchev–Trinajstić information content (AvgIpc) is 2.48. The van der Waals surface area contributed by atoms with E-state index in [0.717, 1.165) is 0 Å². The molecule has 0 amide bonds. The fourth-order valence-corrected chi connectivity index (χ4v) is 1.42. The first-order valence-electron chi connectivity index (χ1n) is 3.00. The Morgan fingerprint density at radius 3 is 2.92 bits per heavy atom. The first-order valence-corrected chi connectivity index (χ1v) is 3.94. The fraction of sp³-hybridized carbons (Fsp3) is 0. The molecule has 0 saturated carbocycles. The Labute approximate surface area is 72.6 Å². The van der Waals surface area contributed by atoms with Crippen LogP contribution in [0.2, 0.25) is 0 Å². The molecule has 12 heavy (non-hydrogen) atoms. The molecule has 1 rings (SSSR count). The van der Waals surface area contributed by atoms with E-state index in [1.165, 1.54) is 16.7 Å². The summed E-state index contributed by atoms with van der Waals surface area (Å²) in [5.41, 5.74) is 0.536. The zero-order valence-electron chi connectivity index (χ0n) is 5.90. The number of carbonyl (C=O) groups is 2. The van der Waals surface area contributed by atoms with Crippen molar-refractivity contribution in [3.8, 4) is 11.8 Å². The van der Waals surface area contributed by atoms with Gasteiger partial charge in [0.15, 0.2) is 6.29 Å². The molecule has 0 radical (unpaired) electrons. The van der Waals surface area contributed by atoms with Crippen molar-refractivity contribution in [3.05, 3.63) is 21.9 Å². The van der Waals surface area contributed by atoms with Gasteiger partial charge in [0.05, 0.1) is 11.1 Å². The molecule has 0 unspecified atom stereocenters. The van der Waals surface area contributed by atoms with Crippen LogP contribution in [0, 0.1) is 11.8 Å². The molecule has 0 aliphatic carbocycles. The number of thiophene rings is 1. The Bertz CT molecular complexity index is 367. The SMILES string of the molecule is O=CC#Cc1cscc1C(=O)O. The van der Waals surface area contributed by atoms with Crippen molar-refractivity contribution in [2.75, 3.05) is 0 Å². The second-order valence-corrected chi connectivity index (χ2v) is 2.64. The van der Waals surface area contributed by atoms with Crippen LogP contribution in [-0.2, 0) is 4.79 Å². The third kappa shape index (κ3) is 1.71. The summed E-state index contributed by atoms with van der Waals surface area (Å²) in [6, 6.07) is 0. The average molecular weight is 180 g/mol. The van der Waals surface area contributed by atoms with Gasteiger partial charge in [0.25, 0.3) is 0 Å². The third-order valence-electron chi connectivity index (χ3n) is 1.16. The highest BCUT2D eigenvalue weighted by molar-refractivity contribution is 7.08. The largest absolute Gasteiger partial charge is 0.478 e. The molecule has 0 aliphatic heterocycles. The van der Waals surface area contributed by atoms with Crippen molar-refractivity contribution >= 4 is 23.6 Å². The van der Waals surface area contributed by atoms with Crippen LogP contribution in [0.1, 0.15) is 15.9 Å². The summed E-state index contributed by atoms with van der Waals surface area (Å²) < 4.78 is 0. The Balaban J connectivity index is 3.07. The van der Waals surface area contributed by atoms with Crippen LogP contribution >= 0.6 is 11.3 Å². The molecular formula is C8H4O3S. The normalized spacial score (nSPS) is 8.33. The Hall–Kier alpha value is -1.60. The summed E-state index contributed by atoms with van der Waals surface area (Å²) >= 11 is 1.25. The van der Waals surface area contributed by atoms with Gasteiger partial charge < -0.3 is 5.11 Å². The topological polar surface area (TPSA) is 54.4 Å². The van der Waals surface area contributed by atoms with Crippen LogP contribution in [0.3, 0.4) is 0 Å². The molecule has 4 heteroatoms. The lowest BCUT2D eigenvalue weighted by atomic mass is 10.2. The molecule has 1 heterocycles. The number of rotatable bonds is 1. The molecule has 0 fully saturated rings. The maximum atomic E-state index is 10.5. The van der Waals surface area contributed by atoms with Gasteiger partial charge in [-0.3, -0.25) is 4.79 Å². The highest BCUT2D eigenvalue weighted by Crippen LogP contribution is 2.13. The molecule has 0 saturated heterocycles. The van der Waals surface area contributed by atoms with Crippen LogP contribution < -0.4 is 0 Å². The molecule has 0 aromatic carbocycles. The van der Waals surface area contributed by atoms with E-state index in [2.05, 4.69) is 11.8 Å². The van der Waals surface area contributed by atoms with Gasteiger partial charge in [-0.1, -0.05) is 5.92 Å². The van der Waals surface area contributed by atoms with E-state index >= 15 is 0 Å². The highest BCUT2D eigenvalue weighted by Gasteiger charge is 2.08. The standard InChI is InChI=1S/C8H4O3S/c9-3-1-2-6-4-12-5-7(6)8(10)11/h3-5H,(H,10,11). The second kappa shape index (κ2) is 3.69. The Kier molecular flexibility index (Phi) is 2.62. The Morgan fingerprint density at radius 1 is 1.58 bits per heavy atom. The molecule has 0 spiro atoms. The number of carbonyl (C=O) groups excluding carboxylic acids is 1. The molecule has 1 aromatic heterocycles. The zero-order valence-corrected chi connectivity index (χ0v) is 6.72. The van der Waals surface area contributed by atoms with Gasteiger partial charge in [0.1, 0.15) is 0 Å². The first kappa shape index (κ1) is 8.50. The van der Waals surface area contributed by atoms with Crippen molar-refractivity contribution in [1.82, 2.24) is 0 Å². The van der Waals surface area contributed by atoms with Crippen molar-refractivity contribution in [2.24, 2.45) is 0 Å². The van der Waals surface area contributed by atoms with E-state index in [-0.39, 0.29) is 5.56 Å². The number of aromatic carboxylic acids is 1. The minimum absolute atomic E-state index is 0.148. The number of hydrogen-bond donors (Lipinski definition) is 1. The van der Waals surface area contributed by atoms with Gasteiger partial charge in [0, 0.05) is 10.8 Å². The van der Waals surface area contributed by atoms with Crippen LogP contribution in [0.4, 0.5) is 0 Å². The Morgan fingerprint density at radius 2 is 2.33 bits per heavy atom. The summed E-state index contributed by atoms with van der Waals surface area (Å²) in [5, 5.41) is 11.7. The zero-order chi connectivity index (χ0) is 8.97. The predicted molar refractivity (Wildman–Crippen MR) is 44.2 cm³/mol. The molecular weight excluding hydrogens is 176 g/mol. The minimum atomic E-state index is -1.02. The van der Waals surface area contributed by atoms with E-state index in [1.54, 1.807) is 5.38 Å². The van der Waals surface area contributed by atoms with Gasteiger partial charge in [-0.2, -0.15) is 11.3 Å². The van der Waals surface area contributed by atoms with Crippen molar-refractivity contribution in [2.45, 2.75) is 0 Å². The molecule has 0 aliphatic rings. The summed E-state index contributed by atoms with van der Waals surface area (Å²) in [5.74, 6) is 3.57. The maximum absolute atomic E-state index is 10.5. The number of aldehydes is 1. The van der Waals surface area contributed by atoms with Gasteiger partial charge in [-0.25, -0.2) is 4.79 Å². The lowest BCUT2D eigenvalue weighted by Crippen LogP contribution is -1.95. The van der Waals surface area contributed by atoms with Crippen LogP contribution in [0.25, 0.3) is 0 Å². The van der Waals surface area contributed by atoms with Crippen molar-refractivity contribution in [3.63, 3.8) is 0 Å². The summed E-state index contributed by atoms with van der Waals surface area (Å²) in [6.45, 7) is 0. The monoisotopic (exact) mass is 180 g/mol. The molecule has 60 valence electrons. The summed E-state index contributed by atoms with van der Waals surface area (Å²) in [7, 11) is 0. The predicted octanol–water partition coefficient (Wildman–Crippen LogP) is 0.997. The van der Waals surface area contributed by atoms with Crippen LogP contribution in [0.5, 0.6) is 0 Å². The molecule has 1 N–H and O–H groups in total. The molecule has 3 nitrogen and oxygen atoms in total. The van der Waals surface area contributed by atoms with Gasteiger partial charge in [-0.15, -0.1) is 0 Å².